The van der Waals surface area contributed by atoms with Crippen molar-refractivity contribution < 1.29 is 19.1 Å². The lowest BCUT2D eigenvalue weighted by Gasteiger charge is -2.30. The number of nitrogens with zero attached hydrogens (tertiary/aromatic N) is 3. The van der Waals surface area contributed by atoms with Gasteiger partial charge in [-0.2, -0.15) is 0 Å². The standard InChI is InChI=1S/C31H28N4O4S/c36-29(32-25-11-5-7-13-27(25)33-14-16-39-17-15-33)21-35-30(37)28(40-31(35)38)18-23-20-34(19-22-8-2-1-3-9-22)26-12-6-4-10-24(23)26/h1-13,18,20H,14-17,19,21H2,(H,32,36)/b28-18-. The van der Waals surface area contributed by atoms with Crippen molar-refractivity contribution in [1.82, 2.24) is 9.47 Å². The van der Waals surface area contributed by atoms with Gasteiger partial charge in [0.2, 0.25) is 5.91 Å². The van der Waals surface area contributed by atoms with Crippen LogP contribution >= 0.6 is 11.8 Å². The van der Waals surface area contributed by atoms with Crippen LogP contribution in [0.5, 0.6) is 0 Å². The van der Waals surface area contributed by atoms with Gasteiger partial charge in [-0.25, -0.2) is 0 Å². The van der Waals surface area contributed by atoms with E-state index in [0.29, 0.717) is 30.4 Å². The summed E-state index contributed by atoms with van der Waals surface area (Å²) in [5.41, 5.74) is 4.58. The number of carbonyl (C=O) groups is 3. The van der Waals surface area contributed by atoms with Crippen molar-refractivity contribution in [2.24, 2.45) is 0 Å². The van der Waals surface area contributed by atoms with Crippen LogP contribution in [0, 0.1) is 0 Å². The first-order valence-corrected chi connectivity index (χ1v) is 14.0. The lowest BCUT2D eigenvalue weighted by atomic mass is 10.1. The fourth-order valence-corrected chi connectivity index (χ4v) is 5.90. The quantitative estimate of drug-likeness (QED) is 0.317. The van der Waals surface area contributed by atoms with Crippen LogP contribution in [-0.4, -0.2) is 59.4 Å². The second kappa shape index (κ2) is 11.4. The highest BCUT2D eigenvalue weighted by atomic mass is 32.2. The molecular weight excluding hydrogens is 524 g/mol. The van der Waals surface area contributed by atoms with Crippen LogP contribution in [0.15, 0.2) is 90.0 Å². The highest BCUT2D eigenvalue weighted by Gasteiger charge is 2.36. The zero-order valence-corrected chi connectivity index (χ0v) is 22.6. The molecule has 3 aromatic carbocycles. The van der Waals surface area contributed by atoms with Crippen molar-refractivity contribution in [2.45, 2.75) is 6.54 Å². The Bertz CT molecular complexity index is 1610. The van der Waals surface area contributed by atoms with Crippen molar-refractivity contribution in [3.05, 3.63) is 101 Å². The molecule has 0 spiro atoms. The topological polar surface area (TPSA) is 83.9 Å². The summed E-state index contributed by atoms with van der Waals surface area (Å²) in [4.78, 5) is 42.5. The molecule has 40 heavy (non-hydrogen) atoms. The zero-order valence-electron chi connectivity index (χ0n) is 21.8. The summed E-state index contributed by atoms with van der Waals surface area (Å²) in [6, 6.07) is 25.7. The Morgan fingerprint density at radius 2 is 1.65 bits per heavy atom. The van der Waals surface area contributed by atoms with Gasteiger partial charge in [0.15, 0.2) is 0 Å². The predicted octanol–water partition coefficient (Wildman–Crippen LogP) is 5.20. The van der Waals surface area contributed by atoms with Crippen molar-refractivity contribution >= 4 is 57.2 Å². The molecule has 3 heterocycles. The number of anilines is 2. The molecule has 8 nitrogen and oxygen atoms in total. The molecule has 3 amide bonds. The molecule has 0 aliphatic carbocycles. The maximum Gasteiger partial charge on any atom is 0.294 e. The van der Waals surface area contributed by atoms with E-state index in [4.69, 9.17) is 4.74 Å². The van der Waals surface area contributed by atoms with Crippen LogP contribution in [-0.2, 0) is 20.9 Å². The van der Waals surface area contributed by atoms with Gasteiger partial charge in [-0.05, 0) is 41.6 Å². The number of rotatable bonds is 7. The lowest BCUT2D eigenvalue weighted by Crippen LogP contribution is -2.38. The normalized spacial score (nSPS) is 16.8. The molecule has 2 saturated heterocycles. The van der Waals surface area contributed by atoms with Crippen LogP contribution in [0.2, 0.25) is 0 Å². The SMILES string of the molecule is O=C(CN1C(=O)S/C(=C\c2cn(Cc3ccccc3)c3ccccc23)C1=O)Nc1ccccc1N1CCOCC1. The molecule has 6 rings (SSSR count). The molecule has 2 fully saturated rings. The number of fused-ring (bicyclic) bond motifs is 1. The van der Waals surface area contributed by atoms with E-state index in [0.717, 1.165) is 57.5 Å². The van der Waals surface area contributed by atoms with Crippen LogP contribution < -0.4 is 10.2 Å². The molecule has 2 aliphatic rings. The third-order valence-electron chi connectivity index (χ3n) is 7.01. The summed E-state index contributed by atoms with van der Waals surface area (Å²) in [5, 5.41) is 3.42. The van der Waals surface area contributed by atoms with Gasteiger partial charge in [0, 0.05) is 42.3 Å². The molecule has 0 unspecified atom stereocenters. The first kappa shape index (κ1) is 25.9. The number of para-hydroxylation sites is 3. The summed E-state index contributed by atoms with van der Waals surface area (Å²) in [7, 11) is 0. The largest absolute Gasteiger partial charge is 0.378 e. The molecule has 0 saturated carbocycles. The van der Waals surface area contributed by atoms with Crippen LogP contribution in [0.3, 0.4) is 0 Å². The Kier molecular flexibility index (Phi) is 7.39. The number of amides is 3. The molecule has 1 N–H and O–H groups in total. The van der Waals surface area contributed by atoms with Gasteiger partial charge >= 0.3 is 0 Å². The number of thioether (sulfide) groups is 1. The molecule has 9 heteroatoms. The Balaban J connectivity index is 1.19. The molecule has 1 aromatic heterocycles. The number of morpholine rings is 1. The Morgan fingerprint density at radius 1 is 0.925 bits per heavy atom. The maximum absolute atomic E-state index is 13.3. The summed E-state index contributed by atoms with van der Waals surface area (Å²) < 4.78 is 7.58. The van der Waals surface area contributed by atoms with Gasteiger partial charge in [0.05, 0.1) is 29.5 Å². The van der Waals surface area contributed by atoms with E-state index in [1.165, 1.54) is 0 Å². The third kappa shape index (κ3) is 5.38. The van der Waals surface area contributed by atoms with Crippen molar-refractivity contribution in [3.63, 3.8) is 0 Å². The number of nitrogens with one attached hydrogen (secondary N) is 1. The summed E-state index contributed by atoms with van der Waals surface area (Å²) in [5.74, 6) is -0.893. The number of aromatic nitrogens is 1. The van der Waals surface area contributed by atoms with Crippen molar-refractivity contribution in [1.29, 1.82) is 0 Å². The zero-order chi connectivity index (χ0) is 27.5. The van der Waals surface area contributed by atoms with E-state index in [1.807, 2.05) is 72.9 Å². The highest BCUT2D eigenvalue weighted by molar-refractivity contribution is 8.18. The third-order valence-corrected chi connectivity index (χ3v) is 7.91. The molecule has 0 bridgehead atoms. The van der Waals surface area contributed by atoms with E-state index in [1.54, 1.807) is 6.08 Å². The van der Waals surface area contributed by atoms with Gasteiger partial charge in [-0.15, -0.1) is 0 Å². The number of benzene rings is 3. The van der Waals surface area contributed by atoms with E-state index in [9.17, 15) is 14.4 Å². The average Bonchev–Trinajstić information content (AvgIpc) is 3.46. The predicted molar refractivity (Wildman–Crippen MR) is 158 cm³/mol. The fourth-order valence-electron chi connectivity index (χ4n) is 5.07. The minimum atomic E-state index is -0.466. The first-order valence-electron chi connectivity index (χ1n) is 13.2. The minimum Gasteiger partial charge on any atom is -0.378 e. The summed E-state index contributed by atoms with van der Waals surface area (Å²) in [6.45, 7) is 3.02. The molecule has 2 aliphatic heterocycles. The van der Waals surface area contributed by atoms with Crippen LogP contribution in [0.4, 0.5) is 16.2 Å². The number of imide groups is 1. The Hall–Kier alpha value is -4.34. The smallest absolute Gasteiger partial charge is 0.294 e. The van der Waals surface area contributed by atoms with Gasteiger partial charge in [0.25, 0.3) is 11.1 Å². The minimum absolute atomic E-state index is 0.300. The molecule has 0 radical (unpaired) electrons. The maximum atomic E-state index is 13.3. The molecule has 202 valence electrons. The monoisotopic (exact) mass is 552 g/mol. The summed E-state index contributed by atoms with van der Waals surface area (Å²) >= 11 is 0.860. The second-order valence-corrected chi connectivity index (χ2v) is 10.6. The molecular formula is C31H28N4O4S. The van der Waals surface area contributed by atoms with Crippen molar-refractivity contribution in [3.8, 4) is 0 Å². The average molecular weight is 553 g/mol. The van der Waals surface area contributed by atoms with Crippen molar-refractivity contribution in [2.75, 3.05) is 43.1 Å². The van der Waals surface area contributed by atoms with Crippen LogP contribution in [0.25, 0.3) is 17.0 Å². The van der Waals surface area contributed by atoms with Gasteiger partial charge in [0.1, 0.15) is 6.54 Å². The number of hydrogen-bond acceptors (Lipinski definition) is 6. The van der Waals surface area contributed by atoms with E-state index >= 15 is 0 Å². The Morgan fingerprint density at radius 3 is 2.48 bits per heavy atom. The number of ether oxygens (including phenoxy) is 1. The molecule has 0 atom stereocenters. The Labute approximate surface area is 236 Å². The van der Waals surface area contributed by atoms with E-state index in [2.05, 4.69) is 26.9 Å². The van der Waals surface area contributed by atoms with Gasteiger partial charge in [-0.3, -0.25) is 19.3 Å². The summed E-state index contributed by atoms with van der Waals surface area (Å²) in [6.07, 6.45) is 3.75. The number of carbonyl (C=O) groups excluding carboxylic acids is 3. The highest BCUT2D eigenvalue weighted by Crippen LogP contribution is 2.34. The van der Waals surface area contributed by atoms with E-state index in [-0.39, 0.29) is 6.54 Å². The lowest BCUT2D eigenvalue weighted by molar-refractivity contribution is -0.127. The first-order chi connectivity index (χ1) is 19.6. The van der Waals surface area contributed by atoms with Crippen LogP contribution in [0.1, 0.15) is 11.1 Å². The van der Waals surface area contributed by atoms with Gasteiger partial charge < -0.3 is 19.5 Å². The molecule has 4 aromatic rings. The second-order valence-electron chi connectivity index (χ2n) is 9.65. The van der Waals surface area contributed by atoms with E-state index < -0.39 is 17.1 Å². The number of hydrogen-bond donors (Lipinski definition) is 1. The fraction of sp³-hybridized carbons (Fsp3) is 0.194. The van der Waals surface area contributed by atoms with Gasteiger partial charge in [-0.1, -0.05) is 60.7 Å².